The Bertz CT molecular complexity index is 863. The first-order valence-corrected chi connectivity index (χ1v) is 7.26. The molecule has 1 unspecified atom stereocenters. The molecule has 0 aliphatic carbocycles. The van der Waals surface area contributed by atoms with Gasteiger partial charge in [-0.3, -0.25) is 24.8 Å². The number of rotatable bonds is 3. The first-order chi connectivity index (χ1) is 11.0. The van der Waals surface area contributed by atoms with Gasteiger partial charge in [0.25, 0.3) is 11.8 Å². The number of pyridine rings is 1. The van der Waals surface area contributed by atoms with Crippen molar-refractivity contribution in [3.05, 3.63) is 47.6 Å². The average Bonchev–Trinajstić information content (AvgIpc) is 2.81. The molecule has 0 spiro atoms. The number of ketones is 1. The lowest BCUT2D eigenvalue weighted by molar-refractivity contribution is -0.134. The molecule has 6 nitrogen and oxygen atoms in total. The highest BCUT2D eigenvalue weighted by atomic mass is 35.5. The molecule has 0 radical (unpaired) electrons. The number of allylic oxidation sites excluding steroid dienone is 2. The molecular weight excluding hydrogens is 318 g/mol. The molecule has 23 heavy (non-hydrogen) atoms. The number of carbonyl (C=O) groups is 3. The molecule has 116 valence electrons. The quantitative estimate of drug-likeness (QED) is 0.690. The molecule has 1 aromatic carbocycles. The molecule has 2 amide bonds. The van der Waals surface area contributed by atoms with E-state index in [9.17, 15) is 14.4 Å². The van der Waals surface area contributed by atoms with Crippen LogP contribution in [-0.2, 0) is 14.4 Å². The zero-order chi connectivity index (χ0) is 16.6. The van der Waals surface area contributed by atoms with Gasteiger partial charge in [0.15, 0.2) is 11.7 Å². The lowest BCUT2D eigenvalue weighted by Gasteiger charge is -2.17. The Morgan fingerprint density at radius 3 is 2.87 bits per heavy atom. The summed E-state index contributed by atoms with van der Waals surface area (Å²) >= 11 is 5.94. The van der Waals surface area contributed by atoms with Gasteiger partial charge in [0.2, 0.25) is 0 Å². The Morgan fingerprint density at radius 1 is 1.35 bits per heavy atom. The predicted molar refractivity (Wildman–Crippen MR) is 85.7 cm³/mol. The summed E-state index contributed by atoms with van der Waals surface area (Å²) in [5.74, 6) is -3.15. The van der Waals surface area contributed by atoms with E-state index in [-0.39, 0.29) is 0 Å². The zero-order valence-corrected chi connectivity index (χ0v) is 12.9. The largest absolute Gasteiger partial charge is 0.293 e. The molecule has 1 saturated heterocycles. The predicted octanol–water partition coefficient (Wildman–Crippen LogP) is 2.03. The van der Waals surface area contributed by atoms with Crippen molar-refractivity contribution in [1.29, 1.82) is 0 Å². The molecular formula is C16H12ClN3O3. The molecule has 2 aromatic rings. The molecule has 1 aromatic heterocycles. The molecule has 3 rings (SSSR count). The fourth-order valence-electron chi connectivity index (χ4n) is 2.46. The van der Waals surface area contributed by atoms with Crippen molar-refractivity contribution >= 4 is 45.8 Å². The number of nitrogens with zero attached hydrogens (tertiary/aromatic N) is 2. The fourth-order valence-corrected chi connectivity index (χ4v) is 2.63. The Kier molecular flexibility index (Phi) is 3.83. The van der Waals surface area contributed by atoms with Crippen molar-refractivity contribution in [3.8, 4) is 0 Å². The van der Waals surface area contributed by atoms with Crippen molar-refractivity contribution in [2.75, 3.05) is 5.01 Å². The first-order valence-electron chi connectivity index (χ1n) is 6.88. The zero-order valence-electron chi connectivity index (χ0n) is 12.1. The third kappa shape index (κ3) is 2.57. The van der Waals surface area contributed by atoms with E-state index in [2.05, 4.69) is 10.4 Å². The Balaban J connectivity index is 2.05. The summed E-state index contributed by atoms with van der Waals surface area (Å²) in [4.78, 5) is 40.6. The molecule has 1 N–H and O–H groups in total. The highest BCUT2D eigenvalue weighted by molar-refractivity contribution is 6.32. The maximum absolute atomic E-state index is 12.5. The molecule has 1 aliphatic rings. The van der Waals surface area contributed by atoms with E-state index in [0.717, 1.165) is 5.01 Å². The van der Waals surface area contributed by atoms with Gasteiger partial charge in [0, 0.05) is 16.6 Å². The highest BCUT2D eigenvalue weighted by Gasteiger charge is 2.44. The average molecular weight is 330 g/mol. The van der Waals surface area contributed by atoms with Crippen molar-refractivity contribution in [2.45, 2.75) is 6.92 Å². The van der Waals surface area contributed by atoms with Crippen molar-refractivity contribution in [3.63, 3.8) is 0 Å². The van der Waals surface area contributed by atoms with Crippen LogP contribution in [-0.4, -0.2) is 22.6 Å². The minimum atomic E-state index is -1.36. The third-order valence-electron chi connectivity index (χ3n) is 3.49. The second-order valence-electron chi connectivity index (χ2n) is 4.98. The van der Waals surface area contributed by atoms with E-state index in [1.807, 2.05) is 0 Å². The Labute approximate surface area is 136 Å². The van der Waals surface area contributed by atoms with Crippen LogP contribution in [0.4, 0.5) is 5.69 Å². The first kappa shape index (κ1) is 15.2. The van der Waals surface area contributed by atoms with Crippen LogP contribution in [0.15, 0.2) is 42.6 Å². The molecule has 1 fully saturated rings. The van der Waals surface area contributed by atoms with Crippen LogP contribution in [0.25, 0.3) is 10.9 Å². The fraction of sp³-hybridized carbons (Fsp3) is 0.125. The summed E-state index contributed by atoms with van der Waals surface area (Å²) in [5.41, 5.74) is 3.47. The minimum absolute atomic E-state index is 0.445. The summed E-state index contributed by atoms with van der Waals surface area (Å²) in [6, 6.07) is 6.63. The smallest absolute Gasteiger partial charge is 0.266 e. The van der Waals surface area contributed by atoms with Gasteiger partial charge in [-0.1, -0.05) is 17.7 Å². The number of nitrogens with one attached hydrogen (secondary N) is 1. The molecule has 0 bridgehead atoms. The normalized spacial score (nSPS) is 18.0. The van der Waals surface area contributed by atoms with E-state index in [1.54, 1.807) is 31.2 Å². The second kappa shape index (κ2) is 5.81. The number of hydrogen-bond acceptors (Lipinski definition) is 4. The summed E-state index contributed by atoms with van der Waals surface area (Å²) in [6.07, 6.45) is 4.22. The topological polar surface area (TPSA) is 79.4 Å². The molecule has 7 heteroatoms. The second-order valence-corrected chi connectivity index (χ2v) is 5.41. The minimum Gasteiger partial charge on any atom is -0.293 e. The van der Waals surface area contributed by atoms with Gasteiger partial charge in [-0.25, -0.2) is 5.01 Å². The number of fused-ring (bicyclic) bond motifs is 1. The van der Waals surface area contributed by atoms with Gasteiger partial charge in [0.05, 0.1) is 11.2 Å². The van der Waals surface area contributed by atoms with E-state index in [4.69, 9.17) is 11.6 Å². The Morgan fingerprint density at radius 2 is 2.13 bits per heavy atom. The van der Waals surface area contributed by atoms with Gasteiger partial charge in [-0.05, 0) is 37.3 Å². The standard InChI is InChI=1S/C16H12ClN3O3/c1-2-3-13(21)14-15(22)19-20(16(14)23)12-6-7-18-11-8-9(17)4-5-10(11)12/h2-8,14H,1H3,(H,19,22)/b3-2+. The maximum Gasteiger partial charge on any atom is 0.266 e. The van der Waals surface area contributed by atoms with Crippen molar-refractivity contribution < 1.29 is 14.4 Å². The molecule has 0 saturated carbocycles. The van der Waals surface area contributed by atoms with Crippen LogP contribution in [0, 0.1) is 5.92 Å². The van der Waals surface area contributed by atoms with Crippen LogP contribution in [0.2, 0.25) is 5.02 Å². The van der Waals surface area contributed by atoms with Crippen LogP contribution in [0.5, 0.6) is 0 Å². The van der Waals surface area contributed by atoms with E-state index < -0.39 is 23.5 Å². The number of amides is 2. The van der Waals surface area contributed by atoms with Crippen molar-refractivity contribution in [2.24, 2.45) is 5.92 Å². The van der Waals surface area contributed by atoms with Gasteiger partial charge in [-0.15, -0.1) is 0 Å². The van der Waals surface area contributed by atoms with E-state index >= 15 is 0 Å². The summed E-state index contributed by atoms with van der Waals surface area (Å²) in [7, 11) is 0. The van der Waals surface area contributed by atoms with E-state index in [0.29, 0.717) is 21.6 Å². The monoisotopic (exact) mass is 329 g/mol. The summed E-state index contributed by atoms with van der Waals surface area (Å²) in [5, 5.41) is 2.25. The van der Waals surface area contributed by atoms with Gasteiger partial charge < -0.3 is 0 Å². The lowest BCUT2D eigenvalue weighted by atomic mass is 10.0. The molecule has 1 atom stereocenters. The number of benzene rings is 1. The van der Waals surface area contributed by atoms with Crippen LogP contribution in [0.1, 0.15) is 6.92 Å². The maximum atomic E-state index is 12.5. The third-order valence-corrected chi connectivity index (χ3v) is 3.72. The number of carbonyl (C=O) groups excluding carboxylic acids is 3. The summed E-state index contributed by atoms with van der Waals surface area (Å²) < 4.78 is 0. The summed E-state index contributed by atoms with van der Waals surface area (Å²) in [6.45, 7) is 1.65. The molecule has 1 aliphatic heterocycles. The molecule has 2 heterocycles. The van der Waals surface area contributed by atoms with Crippen LogP contribution >= 0.6 is 11.6 Å². The highest BCUT2D eigenvalue weighted by Crippen LogP contribution is 2.29. The number of aromatic nitrogens is 1. The lowest BCUT2D eigenvalue weighted by Crippen LogP contribution is -2.36. The van der Waals surface area contributed by atoms with Gasteiger partial charge in [-0.2, -0.15) is 0 Å². The van der Waals surface area contributed by atoms with Gasteiger partial charge in [0.1, 0.15) is 0 Å². The van der Waals surface area contributed by atoms with Gasteiger partial charge >= 0.3 is 0 Å². The van der Waals surface area contributed by atoms with Crippen molar-refractivity contribution in [1.82, 2.24) is 10.4 Å². The number of halogens is 1. The Hall–Kier alpha value is -2.73. The van der Waals surface area contributed by atoms with E-state index in [1.165, 1.54) is 18.3 Å². The van der Waals surface area contributed by atoms with Crippen LogP contribution in [0.3, 0.4) is 0 Å². The number of anilines is 1. The van der Waals surface area contributed by atoms with Crippen LogP contribution < -0.4 is 10.4 Å². The SMILES string of the molecule is C/C=C/C(=O)C1C(=O)NN(c2ccnc3cc(Cl)ccc23)C1=O. The number of hydrogen-bond donors (Lipinski definition) is 1. The number of hydrazine groups is 1.